The van der Waals surface area contributed by atoms with Gasteiger partial charge >= 0.3 is 0 Å². The molecule has 3 aliphatic rings. The van der Waals surface area contributed by atoms with Crippen molar-refractivity contribution in [1.82, 2.24) is 0 Å². The zero-order chi connectivity index (χ0) is 13.0. The van der Waals surface area contributed by atoms with Crippen molar-refractivity contribution in [3.8, 4) is 5.75 Å². The van der Waals surface area contributed by atoms with Crippen LogP contribution in [0.3, 0.4) is 0 Å². The van der Waals surface area contributed by atoms with Gasteiger partial charge in [-0.15, -0.1) is 0 Å². The van der Waals surface area contributed by atoms with Crippen LogP contribution in [0.15, 0.2) is 18.2 Å². The SMILES string of the molecule is C[NH+]1CCC23CCCCC2C1Cc1ccc(O)cc13. The number of phenols is 1. The number of likely N-dealkylation sites (N-methyl/N-ethyl adjacent to an activating group) is 1. The third-order valence-electron chi connectivity index (χ3n) is 6.25. The molecule has 0 amide bonds. The van der Waals surface area contributed by atoms with Crippen LogP contribution >= 0.6 is 0 Å². The number of hydrogen-bond donors (Lipinski definition) is 2. The van der Waals surface area contributed by atoms with Gasteiger partial charge in [-0.2, -0.15) is 0 Å². The molecule has 2 fully saturated rings. The van der Waals surface area contributed by atoms with Gasteiger partial charge in [0.05, 0.1) is 19.6 Å². The molecule has 4 unspecified atom stereocenters. The van der Waals surface area contributed by atoms with Crippen LogP contribution in [0.5, 0.6) is 5.75 Å². The average Bonchev–Trinajstić information content (AvgIpc) is 2.43. The summed E-state index contributed by atoms with van der Waals surface area (Å²) in [7, 11) is 2.38. The lowest BCUT2D eigenvalue weighted by molar-refractivity contribution is -0.919. The fourth-order valence-corrected chi connectivity index (χ4v) is 5.34. The van der Waals surface area contributed by atoms with Crippen molar-refractivity contribution in [3.63, 3.8) is 0 Å². The lowest BCUT2D eigenvalue weighted by Gasteiger charge is -2.56. The van der Waals surface area contributed by atoms with E-state index in [2.05, 4.69) is 19.2 Å². The number of piperidine rings is 1. The number of rotatable bonds is 0. The van der Waals surface area contributed by atoms with Gasteiger partial charge in [0, 0.05) is 24.2 Å². The summed E-state index contributed by atoms with van der Waals surface area (Å²) in [6.45, 7) is 1.30. The molecule has 1 saturated heterocycles. The van der Waals surface area contributed by atoms with Crippen LogP contribution in [0.1, 0.15) is 43.2 Å². The Labute approximate surface area is 115 Å². The van der Waals surface area contributed by atoms with Crippen LogP contribution in [0.4, 0.5) is 0 Å². The van der Waals surface area contributed by atoms with Crippen molar-refractivity contribution < 1.29 is 10.0 Å². The number of nitrogens with one attached hydrogen (secondary N) is 1. The molecule has 2 aliphatic carbocycles. The summed E-state index contributed by atoms with van der Waals surface area (Å²) in [4.78, 5) is 1.74. The van der Waals surface area contributed by atoms with Crippen LogP contribution in [-0.4, -0.2) is 24.7 Å². The highest BCUT2D eigenvalue weighted by molar-refractivity contribution is 5.44. The molecule has 1 heterocycles. The number of likely N-dealkylation sites (tertiary alicyclic amines) is 1. The Bertz CT molecular complexity index is 512. The van der Waals surface area contributed by atoms with Gasteiger partial charge in [-0.3, -0.25) is 0 Å². The Balaban J connectivity index is 1.90. The zero-order valence-electron chi connectivity index (χ0n) is 11.8. The second kappa shape index (κ2) is 3.99. The normalized spacial score (nSPS) is 40.4. The van der Waals surface area contributed by atoms with Crippen LogP contribution in [0.2, 0.25) is 0 Å². The van der Waals surface area contributed by atoms with E-state index in [1.54, 1.807) is 4.90 Å². The van der Waals surface area contributed by atoms with Gasteiger partial charge in [0.1, 0.15) is 5.75 Å². The minimum absolute atomic E-state index is 0.398. The van der Waals surface area contributed by atoms with Gasteiger partial charge in [-0.1, -0.05) is 18.9 Å². The van der Waals surface area contributed by atoms with Crippen LogP contribution in [0.25, 0.3) is 0 Å². The van der Waals surface area contributed by atoms with E-state index in [1.807, 2.05) is 6.07 Å². The van der Waals surface area contributed by atoms with Crippen molar-refractivity contribution in [3.05, 3.63) is 29.3 Å². The van der Waals surface area contributed by atoms with Crippen molar-refractivity contribution >= 4 is 0 Å². The second-order valence-electron chi connectivity index (χ2n) is 7.01. The first-order chi connectivity index (χ1) is 9.21. The van der Waals surface area contributed by atoms with E-state index in [0.717, 1.165) is 12.0 Å². The van der Waals surface area contributed by atoms with Crippen LogP contribution < -0.4 is 4.90 Å². The van der Waals surface area contributed by atoms with E-state index in [1.165, 1.54) is 56.2 Å². The maximum absolute atomic E-state index is 9.92. The Morgan fingerprint density at radius 1 is 1.26 bits per heavy atom. The summed E-state index contributed by atoms with van der Waals surface area (Å²) in [6.07, 6.45) is 8.06. The van der Waals surface area contributed by atoms with Gasteiger partial charge in [0.15, 0.2) is 0 Å². The summed E-state index contributed by atoms with van der Waals surface area (Å²) in [5.41, 5.74) is 3.41. The van der Waals surface area contributed by atoms with Crippen molar-refractivity contribution in [2.75, 3.05) is 13.6 Å². The highest BCUT2D eigenvalue weighted by Crippen LogP contribution is 2.53. The average molecular weight is 258 g/mol. The van der Waals surface area contributed by atoms with Gasteiger partial charge < -0.3 is 10.0 Å². The number of phenolic OH excluding ortho intramolecular Hbond substituents is 1. The predicted molar refractivity (Wildman–Crippen MR) is 75.6 cm³/mol. The first-order valence-corrected chi connectivity index (χ1v) is 7.85. The van der Waals surface area contributed by atoms with E-state index in [-0.39, 0.29) is 0 Å². The maximum Gasteiger partial charge on any atom is 0.115 e. The van der Waals surface area contributed by atoms with Gasteiger partial charge in [0.2, 0.25) is 0 Å². The Morgan fingerprint density at radius 2 is 2.16 bits per heavy atom. The molecule has 2 bridgehead atoms. The smallest absolute Gasteiger partial charge is 0.115 e. The van der Waals surface area contributed by atoms with E-state index in [0.29, 0.717) is 11.2 Å². The number of fused-ring (bicyclic) bond motifs is 1. The van der Waals surface area contributed by atoms with Crippen molar-refractivity contribution in [1.29, 1.82) is 0 Å². The zero-order valence-corrected chi connectivity index (χ0v) is 11.8. The maximum atomic E-state index is 9.92. The minimum Gasteiger partial charge on any atom is -0.508 e. The molecular weight excluding hydrogens is 234 g/mol. The minimum atomic E-state index is 0.398. The van der Waals surface area contributed by atoms with Crippen molar-refractivity contribution in [2.24, 2.45) is 5.92 Å². The van der Waals surface area contributed by atoms with E-state index >= 15 is 0 Å². The largest absolute Gasteiger partial charge is 0.508 e. The summed E-state index contributed by atoms with van der Waals surface area (Å²) in [5, 5.41) is 9.92. The topological polar surface area (TPSA) is 24.7 Å². The fraction of sp³-hybridized carbons (Fsp3) is 0.647. The van der Waals surface area contributed by atoms with E-state index < -0.39 is 0 Å². The van der Waals surface area contributed by atoms with E-state index in [9.17, 15) is 5.11 Å². The monoisotopic (exact) mass is 258 g/mol. The van der Waals surface area contributed by atoms with Gasteiger partial charge in [0.25, 0.3) is 0 Å². The molecule has 0 aromatic heterocycles. The standard InChI is InChI=1S/C17H23NO/c1-18-9-8-17-7-3-2-4-14(17)16(18)10-12-5-6-13(19)11-15(12)17/h5-6,11,14,16,19H,2-4,7-10H2,1H3/p+1. The molecule has 2 N–H and O–H groups in total. The third-order valence-corrected chi connectivity index (χ3v) is 6.25. The highest BCUT2D eigenvalue weighted by Gasteiger charge is 2.55. The fourth-order valence-electron chi connectivity index (χ4n) is 5.34. The molecule has 1 aliphatic heterocycles. The van der Waals surface area contributed by atoms with E-state index in [4.69, 9.17) is 0 Å². The molecule has 2 nitrogen and oxygen atoms in total. The molecule has 4 atom stereocenters. The van der Waals surface area contributed by atoms with Crippen LogP contribution in [-0.2, 0) is 11.8 Å². The summed E-state index contributed by atoms with van der Waals surface area (Å²) in [5.74, 6) is 1.31. The lowest BCUT2D eigenvalue weighted by atomic mass is 9.52. The number of benzene rings is 1. The molecule has 1 aromatic carbocycles. The highest BCUT2D eigenvalue weighted by atomic mass is 16.3. The Hall–Kier alpha value is -1.02. The van der Waals surface area contributed by atoms with Crippen molar-refractivity contribution in [2.45, 2.75) is 50.0 Å². The summed E-state index contributed by atoms with van der Waals surface area (Å²) in [6, 6.07) is 6.96. The molecule has 0 spiro atoms. The number of quaternary nitrogens is 1. The second-order valence-corrected chi connectivity index (χ2v) is 7.01. The van der Waals surface area contributed by atoms with Gasteiger partial charge in [-0.05, 0) is 36.1 Å². The summed E-state index contributed by atoms with van der Waals surface area (Å²) < 4.78 is 0. The lowest BCUT2D eigenvalue weighted by Crippen LogP contribution is -3.16. The predicted octanol–water partition coefficient (Wildman–Crippen LogP) is 1.66. The number of aromatic hydroxyl groups is 1. The molecule has 0 radical (unpaired) electrons. The Kier molecular flexibility index (Phi) is 2.47. The van der Waals surface area contributed by atoms with Gasteiger partial charge in [-0.25, -0.2) is 0 Å². The Morgan fingerprint density at radius 3 is 3.05 bits per heavy atom. The molecular formula is C17H24NO+. The van der Waals surface area contributed by atoms with Crippen LogP contribution in [0, 0.1) is 5.92 Å². The number of hydrogen-bond acceptors (Lipinski definition) is 1. The molecule has 4 rings (SSSR count). The molecule has 102 valence electrons. The third kappa shape index (κ3) is 1.53. The molecule has 1 aromatic rings. The molecule has 1 saturated carbocycles. The summed E-state index contributed by atoms with van der Waals surface area (Å²) >= 11 is 0. The first kappa shape index (κ1) is 11.8. The quantitative estimate of drug-likeness (QED) is 0.727. The molecule has 19 heavy (non-hydrogen) atoms. The molecule has 2 heteroatoms. The first-order valence-electron chi connectivity index (χ1n) is 7.85.